The molecule has 0 bridgehead atoms. The van der Waals surface area contributed by atoms with Crippen molar-refractivity contribution in [2.24, 2.45) is 0 Å². The van der Waals surface area contributed by atoms with E-state index in [9.17, 15) is 23.5 Å². The molecular formula is C17H16F2N2O4. The van der Waals surface area contributed by atoms with Gasteiger partial charge in [-0.1, -0.05) is 0 Å². The summed E-state index contributed by atoms with van der Waals surface area (Å²) in [4.78, 5) is 29.1. The SMILES string of the molecule is O=C(O)[C@H]1CCCCN1C(=O)Cc1coc(-c2ccc(F)c(F)c2)n1. The number of aliphatic carboxylic acids is 1. The maximum absolute atomic E-state index is 13.3. The Labute approximate surface area is 142 Å². The molecule has 1 aliphatic heterocycles. The van der Waals surface area contributed by atoms with Crippen LogP contribution in [-0.2, 0) is 16.0 Å². The zero-order valence-electron chi connectivity index (χ0n) is 13.2. The molecule has 0 spiro atoms. The van der Waals surface area contributed by atoms with Gasteiger partial charge >= 0.3 is 5.97 Å². The van der Waals surface area contributed by atoms with Crippen LogP contribution in [0, 0.1) is 11.6 Å². The predicted octanol–water partition coefficient (Wildman–Crippen LogP) is 2.63. The summed E-state index contributed by atoms with van der Waals surface area (Å²) < 4.78 is 31.5. The van der Waals surface area contributed by atoms with Crippen LogP contribution in [-0.4, -0.2) is 39.5 Å². The number of carbonyl (C=O) groups excluding carboxylic acids is 1. The quantitative estimate of drug-likeness (QED) is 0.916. The van der Waals surface area contributed by atoms with Crippen LogP contribution in [0.4, 0.5) is 8.78 Å². The van der Waals surface area contributed by atoms with Crippen LogP contribution in [0.25, 0.3) is 11.5 Å². The zero-order chi connectivity index (χ0) is 18.0. The zero-order valence-corrected chi connectivity index (χ0v) is 13.2. The van der Waals surface area contributed by atoms with Gasteiger partial charge in [0.2, 0.25) is 11.8 Å². The Kier molecular flexibility index (Phi) is 4.78. The van der Waals surface area contributed by atoms with E-state index in [0.29, 0.717) is 18.7 Å². The van der Waals surface area contributed by atoms with Gasteiger partial charge in [0.1, 0.15) is 12.3 Å². The highest BCUT2D eigenvalue weighted by molar-refractivity contribution is 5.85. The highest BCUT2D eigenvalue weighted by Gasteiger charge is 2.32. The van der Waals surface area contributed by atoms with Crippen molar-refractivity contribution in [1.29, 1.82) is 0 Å². The predicted molar refractivity (Wildman–Crippen MR) is 82.5 cm³/mol. The summed E-state index contributed by atoms with van der Waals surface area (Å²) in [5.74, 6) is -3.30. The van der Waals surface area contributed by atoms with Crippen LogP contribution in [0.1, 0.15) is 25.0 Å². The number of hydrogen-bond donors (Lipinski definition) is 1. The number of benzene rings is 1. The first-order valence-electron chi connectivity index (χ1n) is 7.88. The fourth-order valence-corrected chi connectivity index (χ4v) is 2.89. The Morgan fingerprint density at radius 3 is 2.80 bits per heavy atom. The van der Waals surface area contributed by atoms with Gasteiger partial charge < -0.3 is 14.4 Å². The van der Waals surface area contributed by atoms with E-state index >= 15 is 0 Å². The van der Waals surface area contributed by atoms with Crippen molar-refractivity contribution in [3.63, 3.8) is 0 Å². The Morgan fingerprint density at radius 2 is 2.08 bits per heavy atom. The molecular weight excluding hydrogens is 334 g/mol. The molecule has 132 valence electrons. The van der Waals surface area contributed by atoms with E-state index in [0.717, 1.165) is 25.0 Å². The lowest BCUT2D eigenvalue weighted by Gasteiger charge is -2.32. The number of carbonyl (C=O) groups is 2. The number of hydrogen-bond acceptors (Lipinski definition) is 4. The number of halogens is 2. The molecule has 2 aromatic rings. The number of carboxylic acids is 1. The van der Waals surface area contributed by atoms with Crippen molar-refractivity contribution in [3.05, 3.63) is 41.8 Å². The van der Waals surface area contributed by atoms with Gasteiger partial charge in [-0.15, -0.1) is 0 Å². The van der Waals surface area contributed by atoms with E-state index in [2.05, 4.69) is 4.98 Å². The van der Waals surface area contributed by atoms with Gasteiger partial charge in [0.05, 0.1) is 12.1 Å². The number of carboxylic acid groups (broad SMARTS) is 1. The van der Waals surface area contributed by atoms with Crippen molar-refractivity contribution >= 4 is 11.9 Å². The minimum Gasteiger partial charge on any atom is -0.480 e. The Hall–Kier alpha value is -2.77. The molecule has 0 radical (unpaired) electrons. The van der Waals surface area contributed by atoms with Crippen LogP contribution < -0.4 is 0 Å². The van der Waals surface area contributed by atoms with Crippen molar-refractivity contribution in [2.75, 3.05) is 6.54 Å². The van der Waals surface area contributed by atoms with E-state index in [1.165, 1.54) is 17.2 Å². The molecule has 8 heteroatoms. The first kappa shape index (κ1) is 17.1. The summed E-state index contributed by atoms with van der Waals surface area (Å²) >= 11 is 0. The van der Waals surface area contributed by atoms with Crippen LogP contribution in [0.2, 0.25) is 0 Å². The standard InChI is InChI=1S/C17H16F2N2O4/c18-12-5-4-10(7-13(12)19)16-20-11(9-25-16)8-15(22)21-6-2-1-3-14(21)17(23)24/h4-5,7,9,14H,1-3,6,8H2,(H,23,24)/t14-/m1/s1. The minimum atomic E-state index is -1.02. The van der Waals surface area contributed by atoms with Crippen molar-refractivity contribution in [2.45, 2.75) is 31.7 Å². The summed E-state index contributed by atoms with van der Waals surface area (Å²) in [6.07, 6.45) is 3.10. The molecule has 1 aromatic carbocycles. The number of nitrogens with zero attached hydrogens (tertiary/aromatic N) is 2. The van der Waals surface area contributed by atoms with Crippen LogP contribution >= 0.6 is 0 Å². The van der Waals surface area contributed by atoms with Gasteiger partial charge in [0.15, 0.2) is 11.6 Å². The normalized spacial score (nSPS) is 17.5. The maximum Gasteiger partial charge on any atom is 0.326 e. The molecule has 25 heavy (non-hydrogen) atoms. The summed E-state index contributed by atoms with van der Waals surface area (Å²) in [5.41, 5.74) is 0.554. The van der Waals surface area contributed by atoms with E-state index in [-0.39, 0.29) is 23.8 Å². The van der Waals surface area contributed by atoms with Crippen molar-refractivity contribution < 1.29 is 27.9 Å². The van der Waals surface area contributed by atoms with E-state index < -0.39 is 23.6 Å². The van der Waals surface area contributed by atoms with E-state index in [1.807, 2.05) is 0 Å². The molecule has 1 fully saturated rings. The van der Waals surface area contributed by atoms with Crippen LogP contribution in [0.15, 0.2) is 28.9 Å². The maximum atomic E-state index is 13.3. The largest absolute Gasteiger partial charge is 0.480 e. The molecule has 0 aliphatic carbocycles. The minimum absolute atomic E-state index is 0.0649. The highest BCUT2D eigenvalue weighted by Crippen LogP contribution is 2.22. The molecule has 1 N–H and O–H groups in total. The number of amides is 1. The molecule has 6 nitrogen and oxygen atoms in total. The molecule has 1 aliphatic rings. The van der Waals surface area contributed by atoms with Gasteiger partial charge in [0, 0.05) is 12.1 Å². The fourth-order valence-electron chi connectivity index (χ4n) is 2.89. The lowest BCUT2D eigenvalue weighted by atomic mass is 10.0. The topological polar surface area (TPSA) is 83.6 Å². The summed E-state index contributed by atoms with van der Waals surface area (Å²) in [5, 5.41) is 9.23. The van der Waals surface area contributed by atoms with Crippen LogP contribution in [0.5, 0.6) is 0 Å². The van der Waals surface area contributed by atoms with Gasteiger partial charge in [0.25, 0.3) is 0 Å². The first-order chi connectivity index (χ1) is 12.0. The van der Waals surface area contributed by atoms with Crippen molar-refractivity contribution in [1.82, 2.24) is 9.88 Å². The summed E-state index contributed by atoms with van der Waals surface area (Å²) in [6, 6.07) is 2.42. The highest BCUT2D eigenvalue weighted by atomic mass is 19.2. The van der Waals surface area contributed by atoms with Crippen molar-refractivity contribution in [3.8, 4) is 11.5 Å². The van der Waals surface area contributed by atoms with E-state index in [4.69, 9.17) is 4.42 Å². The average molecular weight is 350 g/mol. The second-order valence-corrected chi connectivity index (χ2v) is 5.89. The first-order valence-corrected chi connectivity index (χ1v) is 7.88. The van der Waals surface area contributed by atoms with Gasteiger partial charge in [-0.2, -0.15) is 0 Å². The Balaban J connectivity index is 1.73. The van der Waals surface area contributed by atoms with Gasteiger partial charge in [-0.3, -0.25) is 4.79 Å². The lowest BCUT2D eigenvalue weighted by molar-refractivity contribution is -0.151. The third kappa shape index (κ3) is 3.67. The monoisotopic (exact) mass is 350 g/mol. The fraction of sp³-hybridized carbons (Fsp3) is 0.353. The number of oxazole rings is 1. The Bertz CT molecular complexity index is 806. The Morgan fingerprint density at radius 1 is 1.28 bits per heavy atom. The van der Waals surface area contributed by atoms with Gasteiger partial charge in [-0.05, 0) is 37.5 Å². The summed E-state index contributed by atoms with van der Waals surface area (Å²) in [6.45, 7) is 0.393. The number of aromatic nitrogens is 1. The molecule has 1 amide bonds. The lowest BCUT2D eigenvalue weighted by Crippen LogP contribution is -2.48. The smallest absolute Gasteiger partial charge is 0.326 e. The molecule has 0 unspecified atom stereocenters. The second-order valence-electron chi connectivity index (χ2n) is 5.89. The third-order valence-corrected chi connectivity index (χ3v) is 4.16. The molecule has 1 saturated heterocycles. The van der Waals surface area contributed by atoms with Crippen LogP contribution in [0.3, 0.4) is 0 Å². The second kappa shape index (κ2) is 7.00. The third-order valence-electron chi connectivity index (χ3n) is 4.16. The number of likely N-dealkylation sites (tertiary alicyclic amines) is 1. The molecule has 3 rings (SSSR count). The molecule has 0 saturated carbocycles. The van der Waals surface area contributed by atoms with Gasteiger partial charge in [-0.25, -0.2) is 18.6 Å². The molecule has 1 atom stereocenters. The molecule has 1 aromatic heterocycles. The number of rotatable bonds is 4. The summed E-state index contributed by atoms with van der Waals surface area (Å²) in [7, 11) is 0. The van der Waals surface area contributed by atoms with E-state index in [1.54, 1.807) is 0 Å². The number of piperidine rings is 1. The average Bonchev–Trinajstić information content (AvgIpc) is 3.05. The molecule has 2 heterocycles.